The predicted octanol–water partition coefficient (Wildman–Crippen LogP) is 1.34. The van der Waals surface area contributed by atoms with Crippen molar-refractivity contribution in [2.24, 2.45) is 16.2 Å². The molecule has 3 aliphatic carbocycles. The molecule has 0 aromatic carbocycles. The van der Waals surface area contributed by atoms with Crippen molar-refractivity contribution < 1.29 is 14.3 Å². The van der Waals surface area contributed by atoms with E-state index in [9.17, 15) is 9.59 Å². The number of amides is 1. The van der Waals surface area contributed by atoms with E-state index in [1.807, 2.05) is 4.90 Å². The molecule has 0 aromatic rings. The minimum atomic E-state index is -0.281. The summed E-state index contributed by atoms with van der Waals surface area (Å²) in [5.74, 6) is 0.263. The Labute approximate surface area is 107 Å². The van der Waals surface area contributed by atoms with Crippen LogP contribution < -0.4 is 0 Å². The van der Waals surface area contributed by atoms with Crippen LogP contribution in [-0.4, -0.2) is 37.0 Å². The van der Waals surface area contributed by atoms with Gasteiger partial charge in [0.25, 0.3) is 0 Å². The van der Waals surface area contributed by atoms with Crippen LogP contribution >= 0.6 is 0 Å². The molecule has 3 saturated carbocycles. The highest BCUT2D eigenvalue weighted by molar-refractivity contribution is 5.96. The zero-order valence-corrected chi connectivity index (χ0v) is 10.8. The molecule has 4 rings (SSSR count). The van der Waals surface area contributed by atoms with Gasteiger partial charge in [-0.2, -0.15) is 0 Å². The Morgan fingerprint density at radius 3 is 2.22 bits per heavy atom. The number of rotatable bonds is 2. The number of methoxy groups -OCH3 is 1. The van der Waals surface area contributed by atoms with Crippen LogP contribution in [0.4, 0.5) is 0 Å². The first-order chi connectivity index (χ1) is 8.62. The standard InChI is InChI=1S/C14H19NO3/c1-18-11(17)13-5-4-12(8-14(12,13)9-13)10(16)15-6-2-3-7-15/h2-9H2,1H3/t12?,13-,14?/m0/s1. The highest BCUT2D eigenvalue weighted by Gasteiger charge is 2.95. The van der Waals surface area contributed by atoms with Gasteiger partial charge in [0.05, 0.1) is 17.9 Å². The van der Waals surface area contributed by atoms with Crippen LogP contribution in [0.1, 0.15) is 38.5 Å². The molecule has 1 spiro atoms. The number of hydrogen-bond acceptors (Lipinski definition) is 3. The third-order valence-corrected chi connectivity index (χ3v) is 6.15. The first-order valence-corrected chi connectivity index (χ1v) is 7.00. The lowest BCUT2D eigenvalue weighted by Gasteiger charge is -2.22. The molecule has 4 aliphatic rings. The van der Waals surface area contributed by atoms with E-state index in [-0.39, 0.29) is 22.2 Å². The Bertz CT molecular complexity index is 448. The first kappa shape index (κ1) is 10.8. The summed E-state index contributed by atoms with van der Waals surface area (Å²) in [4.78, 5) is 26.6. The smallest absolute Gasteiger partial charge is 0.312 e. The van der Waals surface area contributed by atoms with Gasteiger partial charge in [0, 0.05) is 18.5 Å². The molecule has 0 N–H and O–H groups in total. The van der Waals surface area contributed by atoms with E-state index in [2.05, 4.69) is 0 Å². The molecule has 98 valence electrons. The molecule has 2 unspecified atom stereocenters. The van der Waals surface area contributed by atoms with Crippen molar-refractivity contribution in [1.82, 2.24) is 4.90 Å². The molecule has 0 bridgehead atoms. The highest BCUT2D eigenvalue weighted by atomic mass is 16.5. The summed E-state index contributed by atoms with van der Waals surface area (Å²) in [5.41, 5.74) is -0.449. The van der Waals surface area contributed by atoms with Gasteiger partial charge in [-0.3, -0.25) is 9.59 Å². The summed E-state index contributed by atoms with van der Waals surface area (Å²) in [6.07, 6.45) is 5.86. The molecule has 1 heterocycles. The first-order valence-electron chi connectivity index (χ1n) is 7.00. The normalized spacial score (nSPS) is 47.5. The molecule has 4 heteroatoms. The number of carbonyl (C=O) groups excluding carboxylic acids is 2. The maximum absolute atomic E-state index is 12.7. The second kappa shape index (κ2) is 2.91. The Kier molecular flexibility index (Phi) is 1.75. The third kappa shape index (κ3) is 0.895. The summed E-state index contributed by atoms with van der Waals surface area (Å²) < 4.78 is 4.96. The molecule has 18 heavy (non-hydrogen) atoms. The van der Waals surface area contributed by atoms with Crippen LogP contribution in [0.15, 0.2) is 0 Å². The summed E-state index contributed by atoms with van der Waals surface area (Å²) in [6, 6.07) is 0. The Morgan fingerprint density at radius 2 is 1.67 bits per heavy atom. The second-order valence-electron chi connectivity index (χ2n) is 6.59. The van der Waals surface area contributed by atoms with E-state index >= 15 is 0 Å². The van der Waals surface area contributed by atoms with E-state index < -0.39 is 0 Å². The third-order valence-electron chi connectivity index (χ3n) is 6.15. The average molecular weight is 249 g/mol. The Balaban J connectivity index is 1.60. The maximum atomic E-state index is 12.7. The van der Waals surface area contributed by atoms with Gasteiger partial charge in [0.1, 0.15) is 0 Å². The number of hydrogen-bond donors (Lipinski definition) is 0. The van der Waals surface area contributed by atoms with Crippen LogP contribution in [0, 0.1) is 16.2 Å². The van der Waals surface area contributed by atoms with Crippen molar-refractivity contribution >= 4 is 11.9 Å². The molecule has 3 atom stereocenters. The average Bonchev–Trinajstić information content (AvgIpc) is 3.10. The summed E-state index contributed by atoms with van der Waals surface area (Å²) >= 11 is 0. The molecule has 0 radical (unpaired) electrons. The number of ether oxygens (including phenoxy) is 1. The Morgan fingerprint density at radius 1 is 1.06 bits per heavy atom. The van der Waals surface area contributed by atoms with Crippen molar-refractivity contribution in [1.29, 1.82) is 0 Å². The van der Waals surface area contributed by atoms with Crippen LogP contribution in [0.2, 0.25) is 0 Å². The van der Waals surface area contributed by atoms with Crippen molar-refractivity contribution in [3.8, 4) is 0 Å². The van der Waals surface area contributed by atoms with Crippen molar-refractivity contribution in [2.45, 2.75) is 38.5 Å². The van der Waals surface area contributed by atoms with E-state index in [1.54, 1.807) is 0 Å². The van der Waals surface area contributed by atoms with Crippen LogP contribution in [0.5, 0.6) is 0 Å². The second-order valence-corrected chi connectivity index (χ2v) is 6.59. The van der Waals surface area contributed by atoms with Gasteiger partial charge in [0.15, 0.2) is 0 Å². The topological polar surface area (TPSA) is 46.6 Å². The number of nitrogens with zero attached hydrogens (tertiary/aromatic N) is 1. The number of esters is 1. The van der Waals surface area contributed by atoms with Crippen LogP contribution in [0.3, 0.4) is 0 Å². The molecule has 1 amide bonds. The molecule has 1 aliphatic heterocycles. The van der Waals surface area contributed by atoms with Gasteiger partial charge >= 0.3 is 5.97 Å². The largest absolute Gasteiger partial charge is 0.469 e. The van der Waals surface area contributed by atoms with E-state index in [4.69, 9.17) is 4.74 Å². The fourth-order valence-electron chi connectivity index (χ4n) is 5.06. The van der Waals surface area contributed by atoms with Gasteiger partial charge in [-0.1, -0.05) is 0 Å². The zero-order chi connectivity index (χ0) is 12.6. The summed E-state index contributed by atoms with van der Waals surface area (Å²) in [5, 5.41) is 0. The minimum Gasteiger partial charge on any atom is -0.469 e. The van der Waals surface area contributed by atoms with Crippen molar-refractivity contribution in [3.05, 3.63) is 0 Å². The van der Waals surface area contributed by atoms with E-state index in [0.29, 0.717) is 5.91 Å². The number of carbonyl (C=O) groups is 2. The molecular formula is C14H19NO3. The lowest BCUT2D eigenvalue weighted by atomic mass is 9.97. The lowest BCUT2D eigenvalue weighted by Crippen LogP contribution is -2.35. The molecule has 4 nitrogen and oxygen atoms in total. The van der Waals surface area contributed by atoms with Crippen molar-refractivity contribution in [2.75, 3.05) is 20.2 Å². The minimum absolute atomic E-state index is 0.00671. The van der Waals surface area contributed by atoms with Gasteiger partial charge in [-0.25, -0.2) is 0 Å². The molecular weight excluding hydrogens is 230 g/mol. The number of likely N-dealkylation sites (tertiary alicyclic amines) is 1. The maximum Gasteiger partial charge on any atom is 0.312 e. The lowest BCUT2D eigenvalue weighted by molar-refractivity contribution is -0.147. The van der Waals surface area contributed by atoms with Gasteiger partial charge in [0.2, 0.25) is 5.91 Å². The predicted molar refractivity (Wildman–Crippen MR) is 63.6 cm³/mol. The molecule has 0 aromatic heterocycles. The van der Waals surface area contributed by atoms with E-state index in [1.165, 1.54) is 7.11 Å². The molecule has 1 saturated heterocycles. The van der Waals surface area contributed by atoms with Crippen LogP contribution in [0.25, 0.3) is 0 Å². The van der Waals surface area contributed by atoms with E-state index in [0.717, 1.165) is 51.6 Å². The summed E-state index contributed by atoms with van der Waals surface area (Å²) in [7, 11) is 1.47. The van der Waals surface area contributed by atoms with Gasteiger partial charge < -0.3 is 9.64 Å². The van der Waals surface area contributed by atoms with Crippen LogP contribution in [-0.2, 0) is 14.3 Å². The summed E-state index contributed by atoms with van der Waals surface area (Å²) in [6.45, 7) is 1.84. The Hall–Kier alpha value is -1.06. The van der Waals surface area contributed by atoms with Crippen molar-refractivity contribution in [3.63, 3.8) is 0 Å². The van der Waals surface area contributed by atoms with Gasteiger partial charge in [-0.15, -0.1) is 0 Å². The quantitative estimate of drug-likeness (QED) is 0.694. The highest BCUT2D eigenvalue weighted by Crippen LogP contribution is 2.95. The fraction of sp³-hybridized carbons (Fsp3) is 0.857. The molecule has 4 fully saturated rings. The monoisotopic (exact) mass is 249 g/mol. The zero-order valence-electron chi connectivity index (χ0n) is 10.8. The SMILES string of the molecule is COC(=O)[C@@]12CCC3(C(=O)N4CCCC4)CC31C2. The van der Waals surface area contributed by atoms with Gasteiger partial charge in [-0.05, 0) is 38.5 Å². The fourth-order valence-corrected chi connectivity index (χ4v) is 5.06.